The Hall–Kier alpha value is -3.21. The summed E-state index contributed by atoms with van der Waals surface area (Å²) in [4.78, 5) is 20.5. The Balaban J connectivity index is 1.65. The normalized spacial score (nSPS) is 10.2. The van der Waals surface area contributed by atoms with Crippen LogP contribution in [0.1, 0.15) is 21.6 Å². The van der Waals surface area contributed by atoms with E-state index in [1.807, 2.05) is 43.3 Å². The molecule has 1 heterocycles. The number of nitrogens with one attached hydrogen (secondary N) is 1. The smallest absolute Gasteiger partial charge is 0.256 e. The van der Waals surface area contributed by atoms with Crippen LogP contribution < -0.4 is 10.1 Å². The molecule has 0 unspecified atom stereocenters. The maximum atomic E-state index is 12.3. The summed E-state index contributed by atoms with van der Waals surface area (Å²) in [6.45, 7) is 2.29. The minimum absolute atomic E-state index is 0.252. The Morgan fingerprint density at radius 3 is 2.62 bits per heavy atom. The van der Waals surface area contributed by atoms with Crippen LogP contribution in [-0.2, 0) is 6.61 Å². The molecular weight excluding hydrogens is 302 g/mol. The van der Waals surface area contributed by atoms with Gasteiger partial charge in [-0.25, -0.2) is 4.98 Å². The van der Waals surface area contributed by atoms with Gasteiger partial charge in [0.15, 0.2) is 5.82 Å². The lowest BCUT2D eigenvalue weighted by molar-refractivity contribution is 0.102. The van der Waals surface area contributed by atoms with Crippen molar-refractivity contribution in [1.82, 2.24) is 9.97 Å². The quantitative estimate of drug-likeness (QED) is 0.780. The monoisotopic (exact) mass is 319 g/mol. The number of hydrogen-bond acceptors (Lipinski definition) is 4. The summed E-state index contributed by atoms with van der Waals surface area (Å²) in [7, 11) is 0. The van der Waals surface area contributed by atoms with Crippen molar-refractivity contribution in [3.8, 4) is 5.75 Å². The van der Waals surface area contributed by atoms with Crippen LogP contribution in [0.5, 0.6) is 5.75 Å². The molecule has 0 aliphatic heterocycles. The maximum absolute atomic E-state index is 12.3. The molecule has 5 nitrogen and oxygen atoms in total. The van der Waals surface area contributed by atoms with Gasteiger partial charge in [-0.2, -0.15) is 0 Å². The van der Waals surface area contributed by atoms with Gasteiger partial charge in [-0.05, 0) is 30.7 Å². The van der Waals surface area contributed by atoms with E-state index in [1.165, 1.54) is 6.20 Å². The minimum Gasteiger partial charge on any atom is -0.489 e. The highest BCUT2D eigenvalue weighted by Gasteiger charge is 2.08. The van der Waals surface area contributed by atoms with Gasteiger partial charge in [0, 0.05) is 5.56 Å². The summed E-state index contributed by atoms with van der Waals surface area (Å²) >= 11 is 0. The number of anilines is 1. The minimum atomic E-state index is -0.252. The lowest BCUT2D eigenvalue weighted by Gasteiger charge is -2.08. The Labute approximate surface area is 140 Å². The molecular formula is C19H17N3O2. The fraction of sp³-hybridized carbons (Fsp3) is 0.105. The first-order chi connectivity index (χ1) is 11.7. The van der Waals surface area contributed by atoms with Gasteiger partial charge >= 0.3 is 0 Å². The molecule has 2 aromatic carbocycles. The lowest BCUT2D eigenvalue weighted by atomic mass is 10.2. The predicted molar refractivity (Wildman–Crippen MR) is 91.9 cm³/mol. The van der Waals surface area contributed by atoms with Gasteiger partial charge in [0.1, 0.15) is 12.4 Å². The van der Waals surface area contributed by atoms with E-state index in [0.29, 0.717) is 23.7 Å². The predicted octanol–water partition coefficient (Wildman–Crippen LogP) is 3.62. The standard InChI is InChI=1S/C19H17N3O2/c1-14-11-21-18(12-20-14)22-19(23)16-8-5-9-17(10-16)24-13-15-6-3-2-4-7-15/h2-12H,13H2,1H3,(H,21,22,23). The molecule has 3 aromatic rings. The molecule has 5 heteroatoms. The van der Waals surface area contributed by atoms with Gasteiger partial charge in [-0.3, -0.25) is 9.78 Å². The molecule has 120 valence electrons. The number of rotatable bonds is 5. The lowest BCUT2D eigenvalue weighted by Crippen LogP contribution is -2.13. The number of carbonyl (C=O) groups is 1. The molecule has 0 atom stereocenters. The molecule has 1 aromatic heterocycles. The second-order valence-corrected chi connectivity index (χ2v) is 5.30. The van der Waals surface area contributed by atoms with Crippen LogP contribution in [0.4, 0.5) is 5.82 Å². The van der Waals surface area contributed by atoms with Gasteiger partial charge in [0.05, 0.1) is 18.1 Å². The molecule has 0 radical (unpaired) electrons. The molecule has 3 rings (SSSR count). The summed E-state index contributed by atoms with van der Waals surface area (Å²) in [6, 6.07) is 16.9. The van der Waals surface area contributed by atoms with Gasteiger partial charge in [0.25, 0.3) is 5.91 Å². The van der Waals surface area contributed by atoms with Crippen molar-refractivity contribution in [2.24, 2.45) is 0 Å². The van der Waals surface area contributed by atoms with E-state index in [2.05, 4.69) is 15.3 Å². The number of aryl methyl sites for hydroxylation is 1. The fourth-order valence-corrected chi connectivity index (χ4v) is 2.11. The molecule has 1 N–H and O–H groups in total. The van der Waals surface area contributed by atoms with Crippen LogP contribution in [0.3, 0.4) is 0 Å². The fourth-order valence-electron chi connectivity index (χ4n) is 2.11. The van der Waals surface area contributed by atoms with Crippen molar-refractivity contribution >= 4 is 11.7 Å². The summed E-state index contributed by atoms with van der Waals surface area (Å²) in [5.41, 5.74) is 2.37. The Morgan fingerprint density at radius 2 is 1.88 bits per heavy atom. The first-order valence-corrected chi connectivity index (χ1v) is 7.57. The second kappa shape index (κ2) is 7.37. The van der Waals surface area contributed by atoms with E-state index in [-0.39, 0.29) is 5.91 Å². The largest absolute Gasteiger partial charge is 0.489 e. The average molecular weight is 319 g/mol. The first kappa shape index (κ1) is 15.7. The Kier molecular flexibility index (Phi) is 4.81. The maximum Gasteiger partial charge on any atom is 0.256 e. The molecule has 0 aliphatic carbocycles. The number of ether oxygens (including phenoxy) is 1. The van der Waals surface area contributed by atoms with Crippen molar-refractivity contribution in [3.63, 3.8) is 0 Å². The molecule has 0 bridgehead atoms. The van der Waals surface area contributed by atoms with Crippen molar-refractivity contribution in [2.75, 3.05) is 5.32 Å². The average Bonchev–Trinajstić information content (AvgIpc) is 2.63. The Bertz CT molecular complexity index is 818. The van der Waals surface area contributed by atoms with Gasteiger partial charge in [-0.15, -0.1) is 0 Å². The number of hydrogen-bond donors (Lipinski definition) is 1. The number of benzene rings is 2. The van der Waals surface area contributed by atoms with E-state index in [9.17, 15) is 4.79 Å². The molecule has 24 heavy (non-hydrogen) atoms. The first-order valence-electron chi connectivity index (χ1n) is 7.57. The summed E-state index contributed by atoms with van der Waals surface area (Å²) in [5.74, 6) is 0.806. The van der Waals surface area contributed by atoms with Crippen LogP contribution in [-0.4, -0.2) is 15.9 Å². The SMILES string of the molecule is Cc1cnc(NC(=O)c2cccc(OCc3ccccc3)c2)cn1. The third-order valence-electron chi connectivity index (χ3n) is 3.37. The van der Waals surface area contributed by atoms with Crippen molar-refractivity contribution in [3.05, 3.63) is 83.8 Å². The van der Waals surface area contributed by atoms with E-state index >= 15 is 0 Å². The highest BCUT2D eigenvalue weighted by molar-refractivity contribution is 6.03. The summed E-state index contributed by atoms with van der Waals surface area (Å²) in [6.07, 6.45) is 3.14. The van der Waals surface area contributed by atoms with Gasteiger partial charge in [0.2, 0.25) is 0 Å². The van der Waals surface area contributed by atoms with E-state index in [4.69, 9.17) is 4.74 Å². The van der Waals surface area contributed by atoms with Gasteiger partial charge < -0.3 is 10.1 Å². The molecule has 0 saturated heterocycles. The van der Waals surface area contributed by atoms with Gasteiger partial charge in [-0.1, -0.05) is 36.4 Å². The zero-order valence-electron chi connectivity index (χ0n) is 13.3. The highest BCUT2D eigenvalue weighted by Crippen LogP contribution is 2.16. The van der Waals surface area contributed by atoms with Crippen LogP contribution in [0.15, 0.2) is 67.0 Å². The van der Waals surface area contributed by atoms with Crippen LogP contribution >= 0.6 is 0 Å². The van der Waals surface area contributed by atoms with Crippen molar-refractivity contribution < 1.29 is 9.53 Å². The third kappa shape index (κ3) is 4.16. The molecule has 0 saturated carbocycles. The molecule has 0 spiro atoms. The molecule has 0 aliphatic rings. The van der Waals surface area contributed by atoms with Crippen LogP contribution in [0, 0.1) is 6.92 Å². The second-order valence-electron chi connectivity index (χ2n) is 5.30. The molecule has 1 amide bonds. The number of carbonyl (C=O) groups excluding carboxylic acids is 1. The van der Waals surface area contributed by atoms with Crippen molar-refractivity contribution in [1.29, 1.82) is 0 Å². The zero-order chi connectivity index (χ0) is 16.8. The zero-order valence-corrected chi connectivity index (χ0v) is 13.3. The third-order valence-corrected chi connectivity index (χ3v) is 3.37. The van der Waals surface area contributed by atoms with Crippen molar-refractivity contribution in [2.45, 2.75) is 13.5 Å². The number of amides is 1. The van der Waals surface area contributed by atoms with Crippen LogP contribution in [0.25, 0.3) is 0 Å². The topological polar surface area (TPSA) is 64.1 Å². The highest BCUT2D eigenvalue weighted by atomic mass is 16.5. The number of nitrogens with zero attached hydrogens (tertiary/aromatic N) is 2. The summed E-state index contributed by atoms with van der Waals surface area (Å²) < 4.78 is 5.74. The number of aromatic nitrogens is 2. The van der Waals surface area contributed by atoms with E-state index in [0.717, 1.165) is 11.3 Å². The Morgan fingerprint density at radius 1 is 1.04 bits per heavy atom. The van der Waals surface area contributed by atoms with E-state index < -0.39 is 0 Å². The molecule has 0 fully saturated rings. The van der Waals surface area contributed by atoms with E-state index in [1.54, 1.807) is 24.4 Å². The summed E-state index contributed by atoms with van der Waals surface area (Å²) in [5, 5.41) is 2.72. The van der Waals surface area contributed by atoms with Crippen LogP contribution in [0.2, 0.25) is 0 Å².